The van der Waals surface area contributed by atoms with Crippen molar-refractivity contribution in [3.05, 3.63) is 41.1 Å². The van der Waals surface area contributed by atoms with Crippen molar-refractivity contribution in [3.63, 3.8) is 0 Å². The Morgan fingerprint density at radius 2 is 1.83 bits per heavy atom. The zero-order chi connectivity index (χ0) is 16.4. The summed E-state index contributed by atoms with van der Waals surface area (Å²) < 4.78 is 0. The lowest BCUT2D eigenvalue weighted by Gasteiger charge is -2.18. The van der Waals surface area contributed by atoms with Crippen LogP contribution in [0.5, 0.6) is 0 Å². The highest BCUT2D eigenvalue weighted by Crippen LogP contribution is 2.29. The predicted octanol–water partition coefficient (Wildman–Crippen LogP) is 5.51. The van der Waals surface area contributed by atoms with Crippen LogP contribution in [0.3, 0.4) is 0 Å². The molecule has 0 radical (unpaired) electrons. The van der Waals surface area contributed by atoms with Crippen LogP contribution in [-0.2, 0) is 6.54 Å². The van der Waals surface area contributed by atoms with Gasteiger partial charge in [0.25, 0.3) is 0 Å². The first-order valence-corrected chi connectivity index (χ1v) is 9.22. The van der Waals surface area contributed by atoms with E-state index in [1.807, 2.05) is 0 Å². The lowest BCUT2D eigenvalue weighted by molar-refractivity contribution is 0.525. The van der Waals surface area contributed by atoms with Crippen LogP contribution in [0.2, 0.25) is 0 Å². The Labute approximate surface area is 140 Å². The lowest BCUT2D eigenvalue weighted by atomic mass is 9.95. The molecule has 1 aliphatic rings. The third-order valence-corrected chi connectivity index (χ3v) is 5.13. The van der Waals surface area contributed by atoms with Crippen molar-refractivity contribution in [3.8, 4) is 0 Å². The molecule has 0 saturated heterocycles. The van der Waals surface area contributed by atoms with Gasteiger partial charge in [-0.1, -0.05) is 58.7 Å². The van der Waals surface area contributed by atoms with Gasteiger partial charge in [0.1, 0.15) is 0 Å². The van der Waals surface area contributed by atoms with Gasteiger partial charge in [0.15, 0.2) is 0 Å². The highest BCUT2D eigenvalue weighted by molar-refractivity contribution is 5.85. The summed E-state index contributed by atoms with van der Waals surface area (Å²) in [5.74, 6) is 0.967. The normalized spacial score (nSPS) is 16.1. The topological polar surface area (TPSA) is 24.9 Å². The standard InChI is InChI=1S/C21H30N2/c1-14(2)18-10-7-11-19-16(13-22-17-8-5-6-9-17)12-20(15(3)4)23-21(18)19/h7,10-12,14-15,17,22H,5-6,8-9,13H2,1-4H3. The van der Waals surface area contributed by atoms with Gasteiger partial charge < -0.3 is 5.32 Å². The summed E-state index contributed by atoms with van der Waals surface area (Å²) in [5.41, 5.74) is 5.20. The number of hydrogen-bond donors (Lipinski definition) is 1. The third kappa shape index (κ3) is 3.58. The minimum Gasteiger partial charge on any atom is -0.310 e. The van der Waals surface area contributed by atoms with Gasteiger partial charge in [0.2, 0.25) is 0 Å². The quantitative estimate of drug-likeness (QED) is 0.787. The van der Waals surface area contributed by atoms with E-state index in [1.165, 1.54) is 53.4 Å². The molecule has 1 aliphatic carbocycles. The number of benzene rings is 1. The number of hydrogen-bond acceptors (Lipinski definition) is 2. The number of fused-ring (bicyclic) bond motifs is 1. The molecule has 23 heavy (non-hydrogen) atoms. The minimum absolute atomic E-state index is 0.463. The average molecular weight is 310 g/mol. The van der Waals surface area contributed by atoms with Gasteiger partial charge in [0, 0.05) is 23.7 Å². The molecule has 3 rings (SSSR count). The van der Waals surface area contributed by atoms with Gasteiger partial charge in [0.05, 0.1) is 5.52 Å². The maximum absolute atomic E-state index is 5.01. The van der Waals surface area contributed by atoms with Crippen LogP contribution in [0.1, 0.15) is 82.0 Å². The molecule has 1 aromatic heterocycles. The Morgan fingerprint density at radius 3 is 2.48 bits per heavy atom. The van der Waals surface area contributed by atoms with Crippen molar-refractivity contribution in [2.75, 3.05) is 0 Å². The number of aromatic nitrogens is 1. The number of pyridine rings is 1. The summed E-state index contributed by atoms with van der Waals surface area (Å²) in [4.78, 5) is 5.01. The SMILES string of the molecule is CC(C)c1cc(CNC2CCCC2)c2cccc(C(C)C)c2n1. The summed E-state index contributed by atoms with van der Waals surface area (Å²) in [6.07, 6.45) is 5.42. The highest BCUT2D eigenvalue weighted by atomic mass is 14.9. The monoisotopic (exact) mass is 310 g/mol. The van der Waals surface area contributed by atoms with E-state index in [4.69, 9.17) is 4.98 Å². The summed E-state index contributed by atoms with van der Waals surface area (Å²) in [7, 11) is 0. The molecule has 2 heteroatoms. The molecule has 0 unspecified atom stereocenters. The largest absolute Gasteiger partial charge is 0.310 e. The number of para-hydroxylation sites is 1. The maximum Gasteiger partial charge on any atom is 0.0743 e. The molecule has 124 valence electrons. The first-order chi connectivity index (χ1) is 11.1. The second kappa shape index (κ2) is 7.00. The van der Waals surface area contributed by atoms with E-state index in [2.05, 4.69) is 57.3 Å². The van der Waals surface area contributed by atoms with Gasteiger partial charge in [-0.2, -0.15) is 0 Å². The van der Waals surface area contributed by atoms with Gasteiger partial charge in [-0.25, -0.2) is 0 Å². The fourth-order valence-electron chi connectivity index (χ4n) is 3.66. The highest BCUT2D eigenvalue weighted by Gasteiger charge is 2.16. The lowest BCUT2D eigenvalue weighted by Crippen LogP contribution is -2.25. The van der Waals surface area contributed by atoms with E-state index in [0.717, 1.165) is 6.54 Å². The molecule has 0 aliphatic heterocycles. The summed E-state index contributed by atoms with van der Waals surface area (Å²) in [5, 5.41) is 5.10. The van der Waals surface area contributed by atoms with E-state index in [1.54, 1.807) is 0 Å². The van der Waals surface area contributed by atoms with Crippen LogP contribution in [0.4, 0.5) is 0 Å². The molecule has 2 nitrogen and oxygen atoms in total. The third-order valence-electron chi connectivity index (χ3n) is 5.13. The van der Waals surface area contributed by atoms with Crippen LogP contribution in [0.15, 0.2) is 24.3 Å². The van der Waals surface area contributed by atoms with Gasteiger partial charge in [-0.15, -0.1) is 0 Å². The Morgan fingerprint density at radius 1 is 1.09 bits per heavy atom. The Balaban J connectivity index is 2.01. The van der Waals surface area contributed by atoms with Crippen LogP contribution >= 0.6 is 0 Å². The summed E-state index contributed by atoms with van der Waals surface area (Å²) >= 11 is 0. The van der Waals surface area contributed by atoms with Crippen molar-refractivity contribution in [2.24, 2.45) is 0 Å². The van der Waals surface area contributed by atoms with Crippen molar-refractivity contribution in [1.82, 2.24) is 10.3 Å². The Hall–Kier alpha value is -1.41. The van der Waals surface area contributed by atoms with Crippen molar-refractivity contribution >= 4 is 10.9 Å². The maximum atomic E-state index is 5.01. The molecular formula is C21H30N2. The zero-order valence-electron chi connectivity index (χ0n) is 15.0. The van der Waals surface area contributed by atoms with Gasteiger partial charge in [-0.05, 0) is 41.9 Å². The number of rotatable bonds is 5. The van der Waals surface area contributed by atoms with E-state index in [-0.39, 0.29) is 0 Å². The molecule has 1 aromatic carbocycles. The van der Waals surface area contributed by atoms with Crippen molar-refractivity contribution < 1.29 is 0 Å². The predicted molar refractivity (Wildman–Crippen MR) is 99.0 cm³/mol. The van der Waals surface area contributed by atoms with Crippen LogP contribution in [0.25, 0.3) is 10.9 Å². The molecule has 0 amide bonds. The van der Waals surface area contributed by atoms with E-state index in [0.29, 0.717) is 17.9 Å². The molecule has 0 atom stereocenters. The molecule has 0 bridgehead atoms. The summed E-state index contributed by atoms with van der Waals surface area (Å²) in [6.45, 7) is 9.95. The number of nitrogens with one attached hydrogen (secondary N) is 1. The van der Waals surface area contributed by atoms with Crippen LogP contribution < -0.4 is 5.32 Å². The van der Waals surface area contributed by atoms with Gasteiger partial charge >= 0.3 is 0 Å². The molecular weight excluding hydrogens is 280 g/mol. The molecule has 1 saturated carbocycles. The average Bonchev–Trinajstić information content (AvgIpc) is 3.04. The minimum atomic E-state index is 0.463. The Kier molecular flexibility index (Phi) is 5.01. The molecule has 2 aromatic rings. The molecule has 1 fully saturated rings. The van der Waals surface area contributed by atoms with Crippen LogP contribution in [0, 0.1) is 0 Å². The Bertz CT molecular complexity index is 667. The first-order valence-electron chi connectivity index (χ1n) is 9.22. The van der Waals surface area contributed by atoms with Crippen molar-refractivity contribution in [1.29, 1.82) is 0 Å². The fourth-order valence-corrected chi connectivity index (χ4v) is 3.66. The van der Waals surface area contributed by atoms with E-state index >= 15 is 0 Å². The molecule has 0 spiro atoms. The van der Waals surface area contributed by atoms with Crippen LogP contribution in [-0.4, -0.2) is 11.0 Å². The fraction of sp³-hybridized carbons (Fsp3) is 0.571. The zero-order valence-corrected chi connectivity index (χ0v) is 15.0. The number of nitrogens with zero attached hydrogens (tertiary/aromatic N) is 1. The second-order valence-corrected chi connectivity index (χ2v) is 7.62. The molecule has 1 N–H and O–H groups in total. The van der Waals surface area contributed by atoms with Crippen molar-refractivity contribution in [2.45, 2.75) is 77.8 Å². The first kappa shape index (κ1) is 16.4. The second-order valence-electron chi connectivity index (χ2n) is 7.62. The van der Waals surface area contributed by atoms with E-state index < -0.39 is 0 Å². The smallest absolute Gasteiger partial charge is 0.0743 e. The molecule has 1 heterocycles. The van der Waals surface area contributed by atoms with E-state index in [9.17, 15) is 0 Å². The van der Waals surface area contributed by atoms with Gasteiger partial charge in [-0.3, -0.25) is 4.98 Å². The summed E-state index contributed by atoms with van der Waals surface area (Å²) in [6, 6.07) is 9.68.